The molecule has 0 fully saturated rings. The van der Waals surface area contributed by atoms with E-state index in [9.17, 15) is 0 Å². The van der Waals surface area contributed by atoms with Crippen molar-refractivity contribution in [3.8, 4) is 5.75 Å². The Morgan fingerprint density at radius 1 is 1.09 bits per heavy atom. The van der Waals surface area contributed by atoms with Crippen LogP contribution in [0.2, 0.25) is 0 Å². The van der Waals surface area contributed by atoms with Crippen molar-refractivity contribution in [2.45, 2.75) is 19.1 Å². The molecule has 1 atom stereocenters. The Morgan fingerprint density at radius 2 is 1.87 bits per heavy atom. The van der Waals surface area contributed by atoms with E-state index in [1.54, 1.807) is 19.8 Å². The van der Waals surface area contributed by atoms with Crippen LogP contribution in [0.1, 0.15) is 17.2 Å². The molecule has 5 nitrogen and oxygen atoms in total. The van der Waals surface area contributed by atoms with Gasteiger partial charge in [0.15, 0.2) is 0 Å². The predicted molar refractivity (Wildman–Crippen MR) is 89.0 cm³/mol. The van der Waals surface area contributed by atoms with Gasteiger partial charge >= 0.3 is 0 Å². The number of nitrogens with one attached hydrogen (secondary N) is 1. The third-order valence-electron chi connectivity index (χ3n) is 3.77. The molecular formula is C18H20N4O. The van der Waals surface area contributed by atoms with Gasteiger partial charge in [0, 0.05) is 12.1 Å². The molecule has 0 radical (unpaired) electrons. The van der Waals surface area contributed by atoms with Gasteiger partial charge in [-0.05, 0) is 11.6 Å². The molecule has 0 spiro atoms. The summed E-state index contributed by atoms with van der Waals surface area (Å²) in [7, 11) is 1.70. The van der Waals surface area contributed by atoms with Crippen molar-refractivity contribution in [1.82, 2.24) is 20.1 Å². The minimum absolute atomic E-state index is 0.141. The highest BCUT2D eigenvalue weighted by Gasteiger charge is 2.13. The largest absolute Gasteiger partial charge is 0.496 e. The van der Waals surface area contributed by atoms with E-state index in [1.165, 1.54) is 5.56 Å². The molecule has 118 valence electrons. The Balaban J connectivity index is 1.76. The normalized spacial score (nSPS) is 12.0. The van der Waals surface area contributed by atoms with Crippen molar-refractivity contribution in [2.75, 3.05) is 7.11 Å². The van der Waals surface area contributed by atoms with E-state index in [2.05, 4.69) is 45.7 Å². The fourth-order valence-corrected chi connectivity index (χ4v) is 2.57. The summed E-state index contributed by atoms with van der Waals surface area (Å²) in [6.45, 7) is 1.44. The van der Waals surface area contributed by atoms with Gasteiger partial charge in [-0.25, -0.2) is 4.98 Å². The van der Waals surface area contributed by atoms with E-state index >= 15 is 0 Å². The smallest absolute Gasteiger partial charge is 0.137 e. The third-order valence-corrected chi connectivity index (χ3v) is 3.77. The van der Waals surface area contributed by atoms with E-state index in [0.29, 0.717) is 0 Å². The summed E-state index contributed by atoms with van der Waals surface area (Å²) in [4.78, 5) is 4.02. The Morgan fingerprint density at radius 3 is 2.61 bits per heavy atom. The number of nitrogens with zero attached hydrogens (tertiary/aromatic N) is 3. The topological polar surface area (TPSA) is 52.0 Å². The molecule has 0 amide bonds. The number of para-hydroxylation sites is 1. The molecule has 0 aliphatic rings. The van der Waals surface area contributed by atoms with Crippen molar-refractivity contribution in [1.29, 1.82) is 0 Å². The summed E-state index contributed by atoms with van der Waals surface area (Å²) in [5.74, 6) is 0.896. The zero-order valence-corrected chi connectivity index (χ0v) is 13.1. The lowest BCUT2D eigenvalue weighted by Gasteiger charge is -2.20. The zero-order chi connectivity index (χ0) is 15.9. The monoisotopic (exact) mass is 308 g/mol. The highest BCUT2D eigenvalue weighted by molar-refractivity contribution is 5.33. The molecule has 0 unspecified atom stereocenters. The van der Waals surface area contributed by atoms with Gasteiger partial charge in [0.05, 0.1) is 19.7 Å². The van der Waals surface area contributed by atoms with Crippen LogP contribution >= 0.6 is 0 Å². The SMILES string of the molecule is COc1ccccc1CN[C@@H](Cn1cncn1)c1ccccc1. The Kier molecular flexibility index (Phi) is 5.01. The molecule has 23 heavy (non-hydrogen) atoms. The number of methoxy groups -OCH3 is 1. The predicted octanol–water partition coefficient (Wildman–Crippen LogP) is 2.82. The summed E-state index contributed by atoms with van der Waals surface area (Å²) in [5, 5.41) is 7.81. The Bertz CT molecular complexity index is 713. The van der Waals surface area contributed by atoms with Crippen molar-refractivity contribution < 1.29 is 4.74 Å². The first-order valence-electron chi connectivity index (χ1n) is 7.59. The summed E-state index contributed by atoms with van der Waals surface area (Å²) in [6, 6.07) is 18.6. The number of rotatable bonds is 7. The molecule has 3 aromatic rings. The number of hydrogen-bond donors (Lipinski definition) is 1. The van der Waals surface area contributed by atoms with Crippen molar-refractivity contribution >= 4 is 0 Å². The Labute approximate surface area is 135 Å². The number of aromatic nitrogens is 3. The fraction of sp³-hybridized carbons (Fsp3) is 0.222. The lowest BCUT2D eigenvalue weighted by molar-refractivity contribution is 0.398. The van der Waals surface area contributed by atoms with Crippen molar-refractivity contribution in [3.05, 3.63) is 78.4 Å². The fourth-order valence-electron chi connectivity index (χ4n) is 2.57. The summed E-state index contributed by atoms with van der Waals surface area (Å²) in [6.07, 6.45) is 3.29. The summed E-state index contributed by atoms with van der Waals surface area (Å²) >= 11 is 0. The molecule has 5 heteroatoms. The maximum Gasteiger partial charge on any atom is 0.137 e. The van der Waals surface area contributed by atoms with Crippen LogP contribution in [-0.4, -0.2) is 21.9 Å². The molecule has 2 aromatic carbocycles. The minimum atomic E-state index is 0.141. The summed E-state index contributed by atoms with van der Waals surface area (Å²) in [5.41, 5.74) is 2.35. The van der Waals surface area contributed by atoms with Crippen LogP contribution < -0.4 is 10.1 Å². The van der Waals surface area contributed by atoms with Gasteiger partial charge in [0.25, 0.3) is 0 Å². The molecule has 1 aromatic heterocycles. The van der Waals surface area contributed by atoms with Crippen LogP contribution in [0.3, 0.4) is 0 Å². The average Bonchev–Trinajstić information content (AvgIpc) is 3.12. The second kappa shape index (κ2) is 7.56. The molecular weight excluding hydrogens is 288 g/mol. The van der Waals surface area contributed by atoms with Crippen LogP contribution in [0.4, 0.5) is 0 Å². The molecule has 0 saturated heterocycles. The van der Waals surface area contributed by atoms with Crippen LogP contribution in [0.5, 0.6) is 5.75 Å². The second-order valence-electron chi connectivity index (χ2n) is 5.27. The van der Waals surface area contributed by atoms with Crippen LogP contribution in [-0.2, 0) is 13.1 Å². The second-order valence-corrected chi connectivity index (χ2v) is 5.27. The number of benzene rings is 2. The van der Waals surface area contributed by atoms with E-state index in [-0.39, 0.29) is 6.04 Å². The highest BCUT2D eigenvalue weighted by Crippen LogP contribution is 2.20. The maximum absolute atomic E-state index is 5.42. The van der Waals surface area contributed by atoms with E-state index in [4.69, 9.17) is 4.74 Å². The molecule has 0 aliphatic heterocycles. The first-order valence-corrected chi connectivity index (χ1v) is 7.59. The average molecular weight is 308 g/mol. The van der Waals surface area contributed by atoms with Crippen molar-refractivity contribution in [2.24, 2.45) is 0 Å². The van der Waals surface area contributed by atoms with Gasteiger partial charge in [0.1, 0.15) is 18.4 Å². The third kappa shape index (κ3) is 3.96. The highest BCUT2D eigenvalue weighted by atomic mass is 16.5. The number of hydrogen-bond acceptors (Lipinski definition) is 4. The van der Waals surface area contributed by atoms with E-state index in [0.717, 1.165) is 24.4 Å². The zero-order valence-electron chi connectivity index (χ0n) is 13.1. The summed E-state index contributed by atoms with van der Waals surface area (Å²) < 4.78 is 7.26. The van der Waals surface area contributed by atoms with Gasteiger partial charge in [0.2, 0.25) is 0 Å². The first kappa shape index (κ1) is 15.2. The van der Waals surface area contributed by atoms with Gasteiger partial charge in [-0.15, -0.1) is 0 Å². The van der Waals surface area contributed by atoms with E-state index < -0.39 is 0 Å². The van der Waals surface area contributed by atoms with Gasteiger partial charge in [-0.3, -0.25) is 4.68 Å². The molecule has 0 aliphatic carbocycles. The van der Waals surface area contributed by atoms with Crippen LogP contribution in [0, 0.1) is 0 Å². The van der Waals surface area contributed by atoms with Gasteiger partial charge in [-0.2, -0.15) is 5.10 Å². The van der Waals surface area contributed by atoms with E-state index in [1.807, 2.05) is 28.9 Å². The van der Waals surface area contributed by atoms with Gasteiger partial charge in [-0.1, -0.05) is 48.5 Å². The number of ether oxygens (including phenoxy) is 1. The first-order chi connectivity index (χ1) is 11.4. The molecule has 1 heterocycles. The van der Waals surface area contributed by atoms with Crippen molar-refractivity contribution in [3.63, 3.8) is 0 Å². The quantitative estimate of drug-likeness (QED) is 0.729. The minimum Gasteiger partial charge on any atom is -0.496 e. The molecule has 0 bridgehead atoms. The molecule has 3 rings (SSSR count). The molecule has 0 saturated carbocycles. The lowest BCUT2D eigenvalue weighted by atomic mass is 10.1. The van der Waals surface area contributed by atoms with Crippen LogP contribution in [0.25, 0.3) is 0 Å². The molecule has 1 N–H and O–H groups in total. The van der Waals surface area contributed by atoms with Gasteiger partial charge < -0.3 is 10.1 Å². The van der Waals surface area contributed by atoms with Crippen LogP contribution in [0.15, 0.2) is 67.3 Å². The standard InChI is InChI=1S/C18H20N4O/c1-23-18-10-6-5-9-16(18)11-20-17(12-22-14-19-13-21-22)15-7-3-2-4-8-15/h2-10,13-14,17,20H,11-12H2,1H3/t17-/m0/s1. The maximum atomic E-state index is 5.42. The lowest BCUT2D eigenvalue weighted by Crippen LogP contribution is -2.25. The Hall–Kier alpha value is -2.66.